The van der Waals surface area contributed by atoms with E-state index >= 15 is 8.78 Å². The maximum atomic E-state index is 15.2. The molecule has 0 spiro atoms. The van der Waals surface area contributed by atoms with Gasteiger partial charge in [-0.15, -0.1) is 0 Å². The van der Waals surface area contributed by atoms with Crippen molar-refractivity contribution in [3.05, 3.63) is 59.2 Å². The number of nitrogens with two attached hydrogens (primary N) is 1. The second kappa shape index (κ2) is 8.49. The van der Waals surface area contributed by atoms with Crippen molar-refractivity contribution in [1.29, 1.82) is 0 Å². The van der Waals surface area contributed by atoms with Gasteiger partial charge in [-0.2, -0.15) is 8.78 Å². The first-order chi connectivity index (χ1) is 15.6. The van der Waals surface area contributed by atoms with Gasteiger partial charge in [-0.05, 0) is 68.5 Å². The Kier molecular flexibility index (Phi) is 5.85. The molecule has 1 aromatic heterocycles. The van der Waals surface area contributed by atoms with Crippen LogP contribution in [0.4, 0.5) is 18.9 Å². The molecule has 2 unspecified atom stereocenters. The average Bonchev–Trinajstić information content (AvgIpc) is 3.04. The van der Waals surface area contributed by atoms with Gasteiger partial charge in [0.05, 0.1) is 0 Å². The van der Waals surface area contributed by atoms with Gasteiger partial charge in [-0.3, -0.25) is 19.4 Å². The van der Waals surface area contributed by atoms with Crippen LogP contribution in [0.25, 0.3) is 0 Å². The summed E-state index contributed by atoms with van der Waals surface area (Å²) in [6, 6.07) is 5.12. The van der Waals surface area contributed by atoms with Crippen LogP contribution in [-0.2, 0) is 15.5 Å². The Bertz CT molecular complexity index is 1110. The Labute approximate surface area is 188 Å². The van der Waals surface area contributed by atoms with Gasteiger partial charge < -0.3 is 16.0 Å². The standard InChI is InChI=1S/C23H23F3N4O3/c1-12-8-15(2-5-18(12)24)29-21(32)13-6-7-28-19(11-13)23(25,26)22(33)30-16-3-4-17(30)10-14(9-16)20(27)31/h2,5-8,11,14,16-17H,3-4,9-10H2,1H3,(H2,27,31)(H,29,32). The molecule has 2 aliphatic heterocycles. The van der Waals surface area contributed by atoms with E-state index in [2.05, 4.69) is 10.3 Å². The molecule has 10 heteroatoms. The maximum Gasteiger partial charge on any atom is 0.366 e. The number of nitrogens with one attached hydrogen (secondary N) is 1. The Morgan fingerprint density at radius 3 is 2.39 bits per heavy atom. The molecular formula is C23H23F3N4O3. The van der Waals surface area contributed by atoms with Crippen molar-refractivity contribution in [1.82, 2.24) is 9.88 Å². The van der Waals surface area contributed by atoms with Crippen molar-refractivity contribution in [2.45, 2.75) is 50.6 Å². The predicted molar refractivity (Wildman–Crippen MR) is 113 cm³/mol. The number of aryl methyl sites for hydroxylation is 1. The molecule has 0 saturated carbocycles. The SMILES string of the molecule is Cc1cc(NC(=O)c2ccnc(C(F)(F)C(=O)N3C4CCC3CC(C(N)=O)C4)c2)ccc1F. The van der Waals surface area contributed by atoms with Gasteiger partial charge in [-0.1, -0.05) is 0 Å². The summed E-state index contributed by atoms with van der Waals surface area (Å²) in [6.07, 6.45) is 2.63. The molecule has 2 aliphatic rings. The van der Waals surface area contributed by atoms with Crippen molar-refractivity contribution in [3.8, 4) is 0 Å². The molecule has 0 radical (unpaired) electrons. The molecular weight excluding hydrogens is 437 g/mol. The number of alkyl halides is 2. The number of hydrogen-bond acceptors (Lipinski definition) is 4. The predicted octanol–water partition coefficient (Wildman–Crippen LogP) is 3.13. The van der Waals surface area contributed by atoms with Gasteiger partial charge >= 0.3 is 5.92 Å². The van der Waals surface area contributed by atoms with Crippen molar-refractivity contribution >= 4 is 23.4 Å². The summed E-state index contributed by atoms with van der Waals surface area (Å²) in [5, 5.41) is 2.52. The lowest BCUT2D eigenvalue weighted by Gasteiger charge is -2.39. The van der Waals surface area contributed by atoms with Crippen LogP contribution >= 0.6 is 0 Å². The lowest BCUT2D eigenvalue weighted by molar-refractivity contribution is -0.165. The van der Waals surface area contributed by atoms with Crippen LogP contribution in [0.15, 0.2) is 36.5 Å². The number of primary amides is 1. The van der Waals surface area contributed by atoms with Crippen LogP contribution in [-0.4, -0.2) is 39.7 Å². The van der Waals surface area contributed by atoms with E-state index in [0.717, 1.165) is 17.2 Å². The number of fused-ring (bicyclic) bond motifs is 2. The number of anilines is 1. The van der Waals surface area contributed by atoms with E-state index in [1.807, 2.05) is 0 Å². The minimum absolute atomic E-state index is 0.120. The summed E-state index contributed by atoms with van der Waals surface area (Å²) in [5.41, 5.74) is 5.03. The third-order valence-electron chi connectivity index (χ3n) is 6.40. The number of halogens is 3. The monoisotopic (exact) mass is 460 g/mol. The summed E-state index contributed by atoms with van der Waals surface area (Å²) in [6.45, 7) is 1.53. The highest BCUT2D eigenvalue weighted by Crippen LogP contribution is 2.42. The first kappa shape index (κ1) is 22.8. The Hall–Kier alpha value is -3.43. The molecule has 4 rings (SSSR count). The van der Waals surface area contributed by atoms with Gasteiger partial charge in [-0.25, -0.2) is 4.39 Å². The largest absolute Gasteiger partial charge is 0.369 e. The Morgan fingerprint density at radius 2 is 1.79 bits per heavy atom. The molecule has 2 aromatic rings. The summed E-state index contributed by atoms with van der Waals surface area (Å²) >= 11 is 0. The zero-order valence-electron chi connectivity index (χ0n) is 17.9. The third kappa shape index (κ3) is 4.29. The van der Waals surface area contributed by atoms with Crippen LogP contribution in [0.2, 0.25) is 0 Å². The molecule has 2 fully saturated rings. The molecule has 2 atom stereocenters. The van der Waals surface area contributed by atoms with E-state index in [1.165, 1.54) is 31.2 Å². The van der Waals surface area contributed by atoms with E-state index in [9.17, 15) is 18.8 Å². The molecule has 2 saturated heterocycles. The smallest absolute Gasteiger partial charge is 0.366 e. The summed E-state index contributed by atoms with van der Waals surface area (Å²) in [5.74, 6) is -7.40. The number of carbonyl (C=O) groups excluding carboxylic acids is 3. The number of benzene rings is 1. The number of amides is 3. The molecule has 33 heavy (non-hydrogen) atoms. The molecule has 0 aliphatic carbocycles. The lowest BCUT2D eigenvalue weighted by Crippen LogP contribution is -2.53. The van der Waals surface area contributed by atoms with Crippen LogP contribution in [0, 0.1) is 18.7 Å². The summed E-state index contributed by atoms with van der Waals surface area (Å²) in [4.78, 5) is 41.8. The van der Waals surface area contributed by atoms with E-state index in [1.54, 1.807) is 0 Å². The van der Waals surface area contributed by atoms with Gasteiger partial charge in [0, 0.05) is 35.4 Å². The van der Waals surface area contributed by atoms with Gasteiger partial charge in [0.15, 0.2) is 0 Å². The quantitative estimate of drug-likeness (QED) is 0.715. The number of piperidine rings is 1. The number of rotatable bonds is 5. The highest BCUT2D eigenvalue weighted by molar-refractivity contribution is 6.04. The van der Waals surface area contributed by atoms with Crippen LogP contribution in [0.1, 0.15) is 47.3 Å². The van der Waals surface area contributed by atoms with Gasteiger partial charge in [0.1, 0.15) is 11.5 Å². The van der Waals surface area contributed by atoms with Crippen LogP contribution in [0.5, 0.6) is 0 Å². The maximum absolute atomic E-state index is 15.2. The van der Waals surface area contributed by atoms with Crippen molar-refractivity contribution < 1.29 is 27.6 Å². The number of nitrogens with zero attached hydrogens (tertiary/aromatic N) is 2. The summed E-state index contributed by atoms with van der Waals surface area (Å²) in [7, 11) is 0. The Balaban J connectivity index is 1.53. The normalized spacial score (nSPS) is 22.2. The zero-order chi connectivity index (χ0) is 23.9. The minimum Gasteiger partial charge on any atom is -0.369 e. The fourth-order valence-electron chi connectivity index (χ4n) is 4.68. The topological polar surface area (TPSA) is 105 Å². The number of carbonyl (C=O) groups is 3. The molecule has 174 valence electrons. The molecule has 1 aromatic carbocycles. The minimum atomic E-state index is -3.96. The lowest BCUT2D eigenvalue weighted by atomic mass is 9.89. The first-order valence-electron chi connectivity index (χ1n) is 10.6. The van der Waals surface area contributed by atoms with Crippen molar-refractivity contribution in [2.24, 2.45) is 11.7 Å². The molecule has 7 nitrogen and oxygen atoms in total. The van der Waals surface area contributed by atoms with Crippen LogP contribution < -0.4 is 11.1 Å². The fourth-order valence-corrected chi connectivity index (χ4v) is 4.68. The highest BCUT2D eigenvalue weighted by Gasteiger charge is 2.53. The molecule has 3 amide bonds. The van der Waals surface area contributed by atoms with Crippen molar-refractivity contribution in [2.75, 3.05) is 5.32 Å². The Morgan fingerprint density at radius 1 is 1.12 bits per heavy atom. The number of aromatic nitrogens is 1. The van der Waals surface area contributed by atoms with Gasteiger partial charge in [0.2, 0.25) is 5.91 Å². The van der Waals surface area contributed by atoms with E-state index in [0.29, 0.717) is 24.1 Å². The number of pyridine rings is 1. The number of hydrogen-bond donors (Lipinski definition) is 2. The molecule has 3 N–H and O–H groups in total. The first-order valence-corrected chi connectivity index (χ1v) is 10.6. The molecule has 2 bridgehead atoms. The van der Waals surface area contributed by atoms with E-state index in [4.69, 9.17) is 5.73 Å². The second-order valence-corrected chi connectivity index (χ2v) is 8.59. The third-order valence-corrected chi connectivity index (χ3v) is 6.40. The zero-order valence-corrected chi connectivity index (χ0v) is 17.9. The molecule has 3 heterocycles. The summed E-state index contributed by atoms with van der Waals surface area (Å²) < 4.78 is 43.9. The average molecular weight is 460 g/mol. The van der Waals surface area contributed by atoms with Gasteiger partial charge in [0.25, 0.3) is 11.8 Å². The van der Waals surface area contributed by atoms with E-state index < -0.39 is 53.2 Å². The second-order valence-electron chi connectivity index (χ2n) is 8.59. The highest BCUT2D eigenvalue weighted by atomic mass is 19.3. The van der Waals surface area contributed by atoms with Crippen LogP contribution in [0.3, 0.4) is 0 Å². The fraction of sp³-hybridized carbons (Fsp3) is 0.391. The van der Waals surface area contributed by atoms with Crippen molar-refractivity contribution in [3.63, 3.8) is 0 Å². The van der Waals surface area contributed by atoms with E-state index in [-0.39, 0.29) is 18.4 Å².